The van der Waals surface area contributed by atoms with E-state index in [-0.39, 0.29) is 16.9 Å². The van der Waals surface area contributed by atoms with E-state index in [4.69, 9.17) is 5.11 Å². The van der Waals surface area contributed by atoms with Crippen LogP contribution in [0.25, 0.3) is 0 Å². The Morgan fingerprint density at radius 2 is 1.66 bits per heavy atom. The van der Waals surface area contributed by atoms with E-state index in [0.29, 0.717) is 25.9 Å². The Morgan fingerprint density at radius 1 is 1.00 bits per heavy atom. The molecule has 2 aromatic carbocycles. The molecule has 2 aliphatic heterocycles. The number of fused-ring (bicyclic) bond motifs is 2. The number of anilines is 2. The van der Waals surface area contributed by atoms with Gasteiger partial charge in [0, 0.05) is 36.4 Å². The molecule has 0 saturated carbocycles. The van der Waals surface area contributed by atoms with Gasteiger partial charge in [0.1, 0.15) is 11.5 Å². The van der Waals surface area contributed by atoms with Crippen molar-refractivity contribution >= 4 is 23.3 Å². The Bertz CT molecular complexity index is 979. The zero-order chi connectivity index (χ0) is 20.6. The van der Waals surface area contributed by atoms with E-state index < -0.39 is 11.9 Å². The van der Waals surface area contributed by atoms with Crippen LogP contribution >= 0.6 is 0 Å². The Hall–Kier alpha value is -3.35. The van der Waals surface area contributed by atoms with Crippen molar-refractivity contribution in [2.24, 2.45) is 0 Å². The molecule has 1 fully saturated rings. The summed E-state index contributed by atoms with van der Waals surface area (Å²) in [5.41, 5.74) is 2.84. The quantitative estimate of drug-likeness (QED) is 0.772. The van der Waals surface area contributed by atoms with Crippen LogP contribution in [0.5, 0.6) is 0 Å². The number of halogens is 1. The molecule has 0 atom stereocenters. The third-order valence-electron chi connectivity index (χ3n) is 5.91. The van der Waals surface area contributed by atoms with Gasteiger partial charge in [0.15, 0.2) is 0 Å². The van der Waals surface area contributed by atoms with Gasteiger partial charge >= 0.3 is 11.9 Å². The lowest BCUT2D eigenvalue weighted by Gasteiger charge is -2.41. The number of likely N-dealkylation sites (tertiary alicyclic amines) is 1. The van der Waals surface area contributed by atoms with Crippen molar-refractivity contribution in [3.8, 4) is 0 Å². The summed E-state index contributed by atoms with van der Waals surface area (Å²) in [4.78, 5) is 26.3. The predicted octanol–water partition coefficient (Wildman–Crippen LogP) is 3.36. The van der Waals surface area contributed by atoms with E-state index in [1.165, 1.54) is 17.7 Å². The number of carboxylic acids is 2. The summed E-state index contributed by atoms with van der Waals surface area (Å²) in [5, 5.41) is 18.4. The van der Waals surface area contributed by atoms with E-state index in [1.807, 2.05) is 18.2 Å². The second-order valence-corrected chi connectivity index (χ2v) is 7.52. The fourth-order valence-corrected chi connectivity index (χ4v) is 4.49. The average Bonchev–Trinajstić information content (AvgIpc) is 3.02. The van der Waals surface area contributed by atoms with Crippen molar-refractivity contribution in [1.29, 1.82) is 0 Å². The van der Waals surface area contributed by atoms with Gasteiger partial charge in [0.2, 0.25) is 0 Å². The summed E-state index contributed by atoms with van der Waals surface area (Å²) in [7, 11) is 0. The van der Waals surface area contributed by atoms with Gasteiger partial charge in [-0.3, -0.25) is 0 Å². The molecule has 0 unspecified atom stereocenters. The van der Waals surface area contributed by atoms with Crippen LogP contribution in [0.2, 0.25) is 0 Å². The monoisotopic (exact) mass is 396 g/mol. The number of rotatable bonds is 4. The molecule has 2 N–H and O–H groups in total. The van der Waals surface area contributed by atoms with E-state index in [2.05, 4.69) is 11.0 Å². The third-order valence-corrected chi connectivity index (χ3v) is 5.91. The lowest BCUT2D eigenvalue weighted by molar-refractivity contribution is -0.136. The molecule has 2 heterocycles. The van der Waals surface area contributed by atoms with Crippen LogP contribution in [0.15, 0.2) is 60.3 Å². The molecule has 29 heavy (non-hydrogen) atoms. The molecule has 2 aliphatic rings. The SMILES string of the molecule is O=C(O)C=C(C(=O)O)N1CCC2(CC1)CN(c1ccc(F)cc1)c1ccccc12. The minimum atomic E-state index is -1.27. The van der Waals surface area contributed by atoms with E-state index in [9.17, 15) is 19.1 Å². The maximum absolute atomic E-state index is 13.4. The van der Waals surface area contributed by atoms with Gasteiger partial charge in [0.05, 0.1) is 6.08 Å². The van der Waals surface area contributed by atoms with E-state index in [0.717, 1.165) is 24.0 Å². The molecular formula is C22H21FN2O4. The molecule has 0 aromatic heterocycles. The molecule has 1 spiro atoms. The largest absolute Gasteiger partial charge is 0.478 e. The van der Waals surface area contributed by atoms with Crippen molar-refractivity contribution < 1.29 is 24.2 Å². The molecule has 2 aromatic rings. The van der Waals surface area contributed by atoms with E-state index >= 15 is 0 Å². The molecule has 0 bridgehead atoms. The summed E-state index contributed by atoms with van der Waals surface area (Å²) in [6.45, 7) is 1.63. The normalized spacial score (nSPS) is 18.0. The number of aliphatic carboxylic acids is 2. The van der Waals surface area contributed by atoms with Crippen molar-refractivity contribution in [3.05, 3.63) is 71.7 Å². The van der Waals surface area contributed by atoms with Crippen molar-refractivity contribution in [3.63, 3.8) is 0 Å². The summed E-state index contributed by atoms with van der Waals surface area (Å²) < 4.78 is 13.4. The third kappa shape index (κ3) is 3.44. The fourth-order valence-electron chi connectivity index (χ4n) is 4.49. The highest BCUT2D eigenvalue weighted by molar-refractivity contribution is 5.94. The highest BCUT2D eigenvalue weighted by Crippen LogP contribution is 2.49. The van der Waals surface area contributed by atoms with Gasteiger partial charge in [-0.25, -0.2) is 14.0 Å². The Morgan fingerprint density at radius 3 is 2.28 bits per heavy atom. The first kappa shape index (κ1) is 19.0. The molecule has 0 aliphatic carbocycles. The van der Waals surface area contributed by atoms with Crippen LogP contribution in [0, 0.1) is 5.82 Å². The number of carbonyl (C=O) groups is 2. The Balaban J connectivity index is 1.62. The lowest BCUT2D eigenvalue weighted by atomic mass is 9.74. The highest BCUT2D eigenvalue weighted by Gasteiger charge is 2.45. The minimum absolute atomic E-state index is 0.158. The summed E-state index contributed by atoms with van der Waals surface area (Å²) in [6.07, 6.45) is 2.16. The van der Waals surface area contributed by atoms with Crippen LogP contribution < -0.4 is 4.90 Å². The van der Waals surface area contributed by atoms with Crippen LogP contribution in [-0.4, -0.2) is 46.7 Å². The summed E-state index contributed by atoms with van der Waals surface area (Å²) in [5.74, 6) is -2.78. The smallest absolute Gasteiger partial charge is 0.352 e. The fraction of sp³-hybridized carbons (Fsp3) is 0.273. The van der Waals surface area contributed by atoms with Gasteiger partial charge in [-0.1, -0.05) is 18.2 Å². The van der Waals surface area contributed by atoms with Crippen LogP contribution in [-0.2, 0) is 15.0 Å². The summed E-state index contributed by atoms with van der Waals surface area (Å²) >= 11 is 0. The second kappa shape index (κ2) is 7.24. The average molecular weight is 396 g/mol. The highest BCUT2D eigenvalue weighted by atomic mass is 19.1. The van der Waals surface area contributed by atoms with Crippen LogP contribution in [0.4, 0.5) is 15.8 Å². The molecule has 1 saturated heterocycles. The van der Waals surface area contributed by atoms with Crippen molar-refractivity contribution in [2.75, 3.05) is 24.5 Å². The molecule has 0 radical (unpaired) electrons. The second-order valence-electron chi connectivity index (χ2n) is 7.52. The number of hydrogen-bond acceptors (Lipinski definition) is 4. The van der Waals surface area contributed by atoms with Gasteiger partial charge in [-0.15, -0.1) is 0 Å². The van der Waals surface area contributed by atoms with E-state index in [1.54, 1.807) is 17.0 Å². The Kier molecular flexibility index (Phi) is 4.74. The maximum Gasteiger partial charge on any atom is 0.352 e. The van der Waals surface area contributed by atoms with Gasteiger partial charge in [-0.05, 0) is 48.7 Å². The first-order valence-corrected chi connectivity index (χ1v) is 9.45. The number of nitrogens with zero attached hydrogens (tertiary/aromatic N) is 2. The summed E-state index contributed by atoms with van der Waals surface area (Å²) in [6, 6.07) is 14.5. The zero-order valence-electron chi connectivity index (χ0n) is 15.7. The molecule has 7 heteroatoms. The number of carboxylic acid groups (broad SMARTS) is 2. The topological polar surface area (TPSA) is 81.1 Å². The van der Waals surface area contributed by atoms with Crippen molar-refractivity contribution in [2.45, 2.75) is 18.3 Å². The van der Waals surface area contributed by atoms with Crippen molar-refractivity contribution in [1.82, 2.24) is 4.90 Å². The minimum Gasteiger partial charge on any atom is -0.478 e. The Labute approximate surface area is 167 Å². The first-order chi connectivity index (χ1) is 13.9. The molecule has 6 nitrogen and oxygen atoms in total. The molecule has 4 rings (SSSR count). The molecule has 150 valence electrons. The van der Waals surface area contributed by atoms with Crippen LogP contribution in [0.3, 0.4) is 0 Å². The number of benzene rings is 2. The van der Waals surface area contributed by atoms with Gasteiger partial charge in [0.25, 0.3) is 0 Å². The lowest BCUT2D eigenvalue weighted by Crippen LogP contribution is -2.45. The predicted molar refractivity (Wildman–Crippen MR) is 106 cm³/mol. The molecule has 0 amide bonds. The number of hydrogen-bond donors (Lipinski definition) is 2. The zero-order valence-corrected chi connectivity index (χ0v) is 15.7. The van der Waals surface area contributed by atoms with Gasteiger partial charge < -0.3 is 20.0 Å². The number of para-hydroxylation sites is 1. The number of piperidine rings is 1. The molecular weight excluding hydrogens is 375 g/mol. The maximum atomic E-state index is 13.4. The first-order valence-electron chi connectivity index (χ1n) is 9.45. The van der Waals surface area contributed by atoms with Gasteiger partial charge in [-0.2, -0.15) is 0 Å². The van der Waals surface area contributed by atoms with Crippen LogP contribution in [0.1, 0.15) is 18.4 Å². The standard InChI is InChI=1S/C22H21FN2O4/c23-15-5-7-16(8-6-15)25-14-22(17-3-1-2-4-18(17)25)9-11-24(12-10-22)19(21(28)29)13-20(26)27/h1-8,13H,9-12,14H2,(H,26,27)(H,28,29).